The van der Waals surface area contributed by atoms with E-state index in [4.69, 9.17) is 0 Å². The van der Waals surface area contributed by atoms with Crippen molar-refractivity contribution in [1.29, 1.82) is 0 Å². The molecular weight excluding hydrogens is 809 g/mol. The summed E-state index contributed by atoms with van der Waals surface area (Å²) < 4.78 is 0. The van der Waals surface area contributed by atoms with E-state index in [1.807, 2.05) is 0 Å². The van der Waals surface area contributed by atoms with Crippen LogP contribution in [0.25, 0.3) is 66.4 Å². The van der Waals surface area contributed by atoms with Crippen molar-refractivity contribution in [1.82, 2.24) is 0 Å². The molecule has 312 valence electrons. The fraction of sp³-hybridized carbons (Fsp3) is 0.0154. The first kappa shape index (κ1) is 37.6. The highest BCUT2D eigenvalue weighted by Crippen LogP contribution is 2.63. The number of nitrogens with zero attached hydrogens (tertiary/aromatic N) is 2. The van der Waals surface area contributed by atoms with Crippen molar-refractivity contribution in [3.05, 3.63) is 277 Å². The predicted molar refractivity (Wildman–Crippen MR) is 279 cm³/mol. The van der Waals surface area contributed by atoms with Gasteiger partial charge in [-0.2, -0.15) is 0 Å². The molecule has 0 saturated heterocycles. The van der Waals surface area contributed by atoms with E-state index >= 15 is 0 Å². The number of benzene rings is 11. The fourth-order valence-electron chi connectivity index (χ4n) is 11.9. The Morgan fingerprint density at radius 3 is 1.46 bits per heavy atom. The van der Waals surface area contributed by atoms with Crippen molar-refractivity contribution in [3.8, 4) is 55.6 Å². The van der Waals surface area contributed by atoms with Crippen LogP contribution in [0.5, 0.6) is 0 Å². The standard InChI is InChI=1S/C65H42N2/c1-3-22-45(23-4-1)66(63-37-19-33-55-50-28-11-10-27-49(50)54-32-15-18-36-62(54)67(64(55)63)46-24-5-2-6-25-46)47-38-39-60-57(42-47)51-29-12-9-26-48(51)52-30-13-16-34-58(52)65(60)59-35-17-14-31-53(59)56-40-43-20-7-8-21-44(43)41-61(56)65/h1-42H. The molecule has 2 heteroatoms. The van der Waals surface area contributed by atoms with Crippen molar-refractivity contribution in [2.24, 2.45) is 0 Å². The minimum absolute atomic E-state index is 0.599. The monoisotopic (exact) mass is 850 g/mol. The van der Waals surface area contributed by atoms with Crippen molar-refractivity contribution in [2.75, 3.05) is 9.80 Å². The molecule has 0 fully saturated rings. The predicted octanol–water partition coefficient (Wildman–Crippen LogP) is 17.4. The van der Waals surface area contributed by atoms with Gasteiger partial charge in [0, 0.05) is 28.2 Å². The first-order valence-corrected chi connectivity index (χ1v) is 23.3. The molecule has 0 amide bonds. The maximum Gasteiger partial charge on any atom is 0.0781 e. The van der Waals surface area contributed by atoms with E-state index in [2.05, 4.69) is 265 Å². The van der Waals surface area contributed by atoms with Gasteiger partial charge in [-0.15, -0.1) is 0 Å². The molecule has 14 rings (SSSR count). The van der Waals surface area contributed by atoms with Crippen LogP contribution < -0.4 is 9.80 Å². The molecule has 3 aliphatic rings. The average molecular weight is 851 g/mol. The number of hydrogen-bond acceptors (Lipinski definition) is 2. The third-order valence-corrected chi connectivity index (χ3v) is 14.6. The second-order valence-electron chi connectivity index (χ2n) is 17.9. The zero-order chi connectivity index (χ0) is 44.1. The van der Waals surface area contributed by atoms with Gasteiger partial charge in [0.1, 0.15) is 0 Å². The van der Waals surface area contributed by atoms with E-state index < -0.39 is 5.41 Å². The van der Waals surface area contributed by atoms with Gasteiger partial charge in [0.05, 0.1) is 22.5 Å². The van der Waals surface area contributed by atoms with E-state index in [0.717, 1.165) is 34.1 Å². The Morgan fingerprint density at radius 2 is 0.761 bits per heavy atom. The molecule has 0 bridgehead atoms. The van der Waals surface area contributed by atoms with Crippen LogP contribution in [0.3, 0.4) is 0 Å². The van der Waals surface area contributed by atoms with Crippen LogP contribution in [-0.2, 0) is 5.41 Å². The molecule has 0 aromatic heterocycles. The second-order valence-corrected chi connectivity index (χ2v) is 17.9. The van der Waals surface area contributed by atoms with E-state index in [9.17, 15) is 0 Å². The second kappa shape index (κ2) is 14.7. The molecular formula is C65H42N2. The molecule has 2 aliphatic carbocycles. The van der Waals surface area contributed by atoms with Crippen LogP contribution in [0.1, 0.15) is 22.3 Å². The quantitative estimate of drug-likeness (QED) is 0.174. The highest BCUT2D eigenvalue weighted by molar-refractivity contribution is 6.08. The van der Waals surface area contributed by atoms with Crippen molar-refractivity contribution in [3.63, 3.8) is 0 Å². The SMILES string of the molecule is c1ccc(N(c2ccc3c(c2)-c2ccccc2-c2ccccc2C32c3ccccc3-c3cc4ccccc4cc32)c2cccc3c2N(c2ccccc2)c2ccccc2-c2ccccc2-3)cc1. The fourth-order valence-corrected chi connectivity index (χ4v) is 11.9. The molecule has 1 unspecified atom stereocenters. The lowest BCUT2D eigenvalue weighted by atomic mass is 9.65. The van der Waals surface area contributed by atoms with Gasteiger partial charge in [-0.05, 0) is 138 Å². The zero-order valence-corrected chi connectivity index (χ0v) is 36.6. The lowest BCUT2D eigenvalue weighted by Crippen LogP contribution is -2.29. The summed E-state index contributed by atoms with van der Waals surface area (Å²) in [5.74, 6) is 0. The third kappa shape index (κ3) is 5.39. The third-order valence-electron chi connectivity index (χ3n) is 14.6. The van der Waals surface area contributed by atoms with E-state index in [-0.39, 0.29) is 0 Å². The summed E-state index contributed by atoms with van der Waals surface area (Å²) in [5, 5.41) is 2.50. The van der Waals surface area contributed by atoms with E-state index in [0.29, 0.717) is 0 Å². The maximum absolute atomic E-state index is 2.49. The Hall–Kier alpha value is -8.72. The summed E-state index contributed by atoms with van der Waals surface area (Å²) in [4.78, 5) is 4.97. The zero-order valence-electron chi connectivity index (χ0n) is 36.6. The smallest absolute Gasteiger partial charge is 0.0781 e. The van der Waals surface area contributed by atoms with Gasteiger partial charge >= 0.3 is 0 Å². The lowest BCUT2D eigenvalue weighted by Gasteiger charge is -2.37. The number of anilines is 6. The van der Waals surface area contributed by atoms with Crippen LogP contribution in [0.4, 0.5) is 34.1 Å². The Bertz CT molecular complexity index is 3780. The van der Waals surface area contributed by atoms with Gasteiger partial charge in [0.2, 0.25) is 0 Å². The van der Waals surface area contributed by atoms with Gasteiger partial charge in [-0.3, -0.25) is 0 Å². The molecule has 67 heavy (non-hydrogen) atoms. The van der Waals surface area contributed by atoms with Gasteiger partial charge in [-0.25, -0.2) is 0 Å². The van der Waals surface area contributed by atoms with Crippen molar-refractivity contribution in [2.45, 2.75) is 5.41 Å². The first-order chi connectivity index (χ1) is 33.3. The molecule has 0 radical (unpaired) electrons. The summed E-state index contributed by atoms with van der Waals surface area (Å²) in [7, 11) is 0. The average Bonchev–Trinajstić information content (AvgIpc) is 3.53. The Labute approximate surface area is 390 Å². The highest BCUT2D eigenvalue weighted by Gasteiger charge is 2.50. The summed E-state index contributed by atoms with van der Waals surface area (Å²) in [5.41, 5.74) is 23.6. The normalized spacial score (nSPS) is 14.6. The lowest BCUT2D eigenvalue weighted by molar-refractivity contribution is 0.776. The minimum atomic E-state index is -0.599. The molecule has 1 heterocycles. The van der Waals surface area contributed by atoms with Crippen LogP contribution in [0.15, 0.2) is 255 Å². The van der Waals surface area contributed by atoms with Gasteiger partial charge < -0.3 is 9.80 Å². The van der Waals surface area contributed by atoms with Crippen LogP contribution in [-0.4, -0.2) is 0 Å². The van der Waals surface area contributed by atoms with Crippen molar-refractivity contribution >= 4 is 44.9 Å². The largest absolute Gasteiger partial charge is 0.308 e. The Kier molecular flexibility index (Phi) is 8.23. The summed E-state index contributed by atoms with van der Waals surface area (Å²) in [6, 6.07) is 94.9. The topological polar surface area (TPSA) is 6.48 Å². The number of hydrogen-bond donors (Lipinski definition) is 0. The summed E-state index contributed by atoms with van der Waals surface area (Å²) in [6.45, 7) is 0. The minimum Gasteiger partial charge on any atom is -0.308 e. The highest BCUT2D eigenvalue weighted by atomic mass is 15.2. The van der Waals surface area contributed by atoms with Crippen molar-refractivity contribution < 1.29 is 0 Å². The van der Waals surface area contributed by atoms with Crippen LogP contribution >= 0.6 is 0 Å². The summed E-state index contributed by atoms with van der Waals surface area (Å²) >= 11 is 0. The van der Waals surface area contributed by atoms with E-state index in [1.54, 1.807) is 0 Å². The molecule has 1 spiro atoms. The molecule has 2 nitrogen and oxygen atoms in total. The molecule has 0 saturated carbocycles. The maximum atomic E-state index is 2.49. The molecule has 11 aromatic rings. The number of para-hydroxylation sites is 4. The molecule has 0 N–H and O–H groups in total. The first-order valence-electron chi connectivity index (χ1n) is 23.3. The van der Waals surface area contributed by atoms with Crippen LogP contribution in [0.2, 0.25) is 0 Å². The van der Waals surface area contributed by atoms with Gasteiger partial charge in [0.15, 0.2) is 0 Å². The van der Waals surface area contributed by atoms with Gasteiger partial charge in [-0.1, -0.05) is 194 Å². The Balaban J connectivity index is 1.09. The molecule has 11 aromatic carbocycles. The molecule has 1 aliphatic heterocycles. The van der Waals surface area contributed by atoms with Crippen LogP contribution in [0, 0.1) is 0 Å². The number of fused-ring (bicyclic) bond motifs is 18. The summed E-state index contributed by atoms with van der Waals surface area (Å²) in [6.07, 6.45) is 0. The number of rotatable bonds is 4. The Morgan fingerprint density at radius 1 is 0.284 bits per heavy atom. The van der Waals surface area contributed by atoms with E-state index in [1.165, 1.54) is 88.7 Å². The van der Waals surface area contributed by atoms with Gasteiger partial charge in [0.25, 0.3) is 0 Å². The molecule has 1 atom stereocenters.